The molecule has 1 heterocycles. The largest absolute Gasteiger partial charge is 0.478 e. The van der Waals surface area contributed by atoms with E-state index in [1.54, 1.807) is 38.5 Å². The molecule has 0 saturated carbocycles. The number of hydrogen-bond acceptors (Lipinski definition) is 4. The Balaban J connectivity index is 1.52. The average Bonchev–Trinajstić information content (AvgIpc) is 3.17. The van der Waals surface area contributed by atoms with Crippen molar-refractivity contribution in [3.8, 4) is 0 Å². The van der Waals surface area contributed by atoms with Gasteiger partial charge >= 0.3 is 12.1 Å². The molecule has 0 bridgehead atoms. The second kappa shape index (κ2) is 12.1. The van der Waals surface area contributed by atoms with Crippen molar-refractivity contribution >= 4 is 22.8 Å². The highest BCUT2D eigenvalue weighted by atomic mass is 19.4. The summed E-state index contributed by atoms with van der Waals surface area (Å²) >= 11 is 0. The number of hydrogen-bond donors (Lipinski definition) is 1. The van der Waals surface area contributed by atoms with E-state index in [2.05, 4.69) is 29.2 Å². The highest BCUT2D eigenvalue weighted by Crippen LogP contribution is 2.41. The number of fused-ring (bicyclic) bond motifs is 1. The van der Waals surface area contributed by atoms with Crippen molar-refractivity contribution < 1.29 is 32.5 Å². The molecule has 0 unspecified atom stereocenters. The van der Waals surface area contributed by atoms with E-state index in [1.165, 1.54) is 0 Å². The van der Waals surface area contributed by atoms with E-state index in [1.807, 2.05) is 6.07 Å². The van der Waals surface area contributed by atoms with Gasteiger partial charge in [-0.15, -0.1) is 0 Å². The van der Waals surface area contributed by atoms with Crippen LogP contribution >= 0.6 is 0 Å². The first-order valence-corrected chi connectivity index (χ1v) is 13.9. The van der Waals surface area contributed by atoms with Crippen molar-refractivity contribution in [2.45, 2.75) is 44.6 Å². The fourth-order valence-electron chi connectivity index (χ4n) is 6.15. The summed E-state index contributed by atoms with van der Waals surface area (Å²) in [5.41, 5.74) is 6.07. The number of methoxy groups -OCH3 is 2. The lowest BCUT2D eigenvalue weighted by molar-refractivity contribution is -0.141. The van der Waals surface area contributed by atoms with Crippen LogP contribution in [0.15, 0.2) is 66.7 Å². The van der Waals surface area contributed by atoms with Gasteiger partial charge in [0.05, 0.1) is 11.1 Å². The lowest BCUT2D eigenvalue weighted by Crippen LogP contribution is -2.39. The number of anilines is 1. The molecule has 3 aromatic carbocycles. The molecule has 1 aliphatic carbocycles. The zero-order valence-corrected chi connectivity index (χ0v) is 23.2. The van der Waals surface area contributed by atoms with Crippen molar-refractivity contribution in [3.05, 3.63) is 100 Å². The number of carboxylic acid groups (broad SMARTS) is 1. The fraction of sp³-hybridized carbons (Fsp3) is 0.364. The Kier molecular flexibility index (Phi) is 8.52. The molecule has 0 radical (unpaired) electrons. The number of carbonyl (C=O) groups is 1. The van der Waals surface area contributed by atoms with E-state index in [9.17, 15) is 23.1 Å². The van der Waals surface area contributed by atoms with Crippen molar-refractivity contribution in [1.29, 1.82) is 0 Å². The molecule has 5 rings (SSSR count). The van der Waals surface area contributed by atoms with E-state index < -0.39 is 17.7 Å². The molecule has 8 heteroatoms. The van der Waals surface area contributed by atoms with Crippen LogP contribution < -0.4 is 4.90 Å². The zero-order valence-electron chi connectivity index (χ0n) is 23.2. The minimum absolute atomic E-state index is 0.202. The average molecular weight is 566 g/mol. The highest BCUT2D eigenvalue weighted by Gasteiger charge is 2.31. The maximum absolute atomic E-state index is 13.3. The van der Waals surface area contributed by atoms with Gasteiger partial charge in [0.25, 0.3) is 0 Å². The Morgan fingerprint density at radius 2 is 1.54 bits per heavy atom. The van der Waals surface area contributed by atoms with Gasteiger partial charge < -0.3 is 19.5 Å². The third-order valence-corrected chi connectivity index (χ3v) is 8.27. The summed E-state index contributed by atoms with van der Waals surface area (Å²) in [6.45, 7) is 1.76. The van der Waals surface area contributed by atoms with Crippen LogP contribution in [0.3, 0.4) is 0 Å². The number of benzene rings is 3. The maximum Gasteiger partial charge on any atom is 0.416 e. The molecule has 0 amide bonds. The Bertz CT molecular complexity index is 1400. The van der Waals surface area contributed by atoms with Gasteiger partial charge in [0.15, 0.2) is 6.29 Å². The third-order valence-electron chi connectivity index (χ3n) is 8.27. The number of nitrogens with zero attached hydrogens (tertiary/aromatic N) is 1. The normalized spacial score (nSPS) is 16.6. The van der Waals surface area contributed by atoms with Crippen LogP contribution in [-0.2, 0) is 22.1 Å². The molecule has 1 fully saturated rings. The second-order valence-corrected chi connectivity index (χ2v) is 10.7. The second-order valence-electron chi connectivity index (χ2n) is 10.7. The Morgan fingerprint density at radius 1 is 0.902 bits per heavy atom. The van der Waals surface area contributed by atoms with Gasteiger partial charge in [-0.3, -0.25) is 0 Å². The lowest BCUT2D eigenvalue weighted by atomic mass is 9.87. The van der Waals surface area contributed by atoms with E-state index in [0.717, 1.165) is 83.6 Å². The molecule has 2 aliphatic rings. The first-order valence-electron chi connectivity index (χ1n) is 13.9. The molecular weight excluding hydrogens is 531 g/mol. The Morgan fingerprint density at radius 3 is 2.12 bits per heavy atom. The number of carboxylic acids is 1. The van der Waals surface area contributed by atoms with E-state index in [-0.39, 0.29) is 11.9 Å². The van der Waals surface area contributed by atoms with E-state index in [4.69, 9.17) is 9.47 Å². The standard InChI is InChI=1S/C33H34F3NO4/c1-40-32(41-2)23-16-18-37(19-17-23)27-13-8-22(9-14-27)30-28(21-6-11-26(12-7-21)33(34,35)36)5-3-4-24-20-25(31(38)39)10-15-29(24)30/h6-15,20,23,32H,3-5,16-19H2,1-2H3,(H,38,39). The number of rotatable bonds is 7. The monoisotopic (exact) mass is 565 g/mol. The van der Waals surface area contributed by atoms with Crippen LogP contribution in [0.1, 0.15) is 63.9 Å². The summed E-state index contributed by atoms with van der Waals surface area (Å²) in [5.74, 6) is -0.642. The summed E-state index contributed by atoms with van der Waals surface area (Å²) in [5, 5.41) is 9.57. The smallest absolute Gasteiger partial charge is 0.416 e. The van der Waals surface area contributed by atoms with Gasteiger partial charge in [0.2, 0.25) is 0 Å². The van der Waals surface area contributed by atoms with Crippen molar-refractivity contribution in [1.82, 2.24) is 0 Å². The van der Waals surface area contributed by atoms with Gasteiger partial charge in [-0.05, 0) is 102 Å². The molecule has 41 heavy (non-hydrogen) atoms. The van der Waals surface area contributed by atoms with Gasteiger partial charge in [0.1, 0.15) is 0 Å². The molecule has 0 aromatic heterocycles. The highest BCUT2D eigenvalue weighted by molar-refractivity contribution is 6.00. The summed E-state index contributed by atoms with van der Waals surface area (Å²) < 4.78 is 50.8. The molecule has 3 aromatic rings. The SMILES string of the molecule is COC(OC)C1CCN(c2ccc(C3=C(c4ccc(C(F)(F)F)cc4)CCCc4cc(C(=O)O)ccc43)cc2)CC1. The lowest BCUT2D eigenvalue weighted by Gasteiger charge is -2.36. The summed E-state index contributed by atoms with van der Waals surface area (Å²) in [7, 11) is 3.34. The van der Waals surface area contributed by atoms with Crippen LogP contribution in [0, 0.1) is 5.92 Å². The minimum Gasteiger partial charge on any atom is -0.478 e. The van der Waals surface area contributed by atoms with Crippen molar-refractivity contribution in [2.75, 3.05) is 32.2 Å². The van der Waals surface area contributed by atoms with Gasteiger partial charge in [0, 0.05) is 38.9 Å². The van der Waals surface area contributed by atoms with Gasteiger partial charge in [-0.1, -0.05) is 30.3 Å². The number of aromatic carboxylic acids is 1. The number of allylic oxidation sites excluding steroid dienone is 1. The van der Waals surface area contributed by atoms with Gasteiger partial charge in [-0.25, -0.2) is 4.79 Å². The van der Waals surface area contributed by atoms with E-state index >= 15 is 0 Å². The summed E-state index contributed by atoms with van der Waals surface area (Å²) in [4.78, 5) is 14.0. The Labute approximate surface area is 238 Å². The third kappa shape index (κ3) is 6.19. The molecule has 216 valence electrons. The molecule has 1 saturated heterocycles. The number of piperidine rings is 1. The van der Waals surface area contributed by atoms with Crippen molar-refractivity contribution in [3.63, 3.8) is 0 Å². The first-order chi connectivity index (χ1) is 19.7. The number of halogens is 3. The van der Waals surface area contributed by atoms with Crippen LogP contribution in [0.4, 0.5) is 18.9 Å². The quantitative estimate of drug-likeness (QED) is 0.300. The van der Waals surface area contributed by atoms with Crippen LogP contribution in [0.5, 0.6) is 0 Å². The first kappa shape index (κ1) is 28.9. The molecule has 0 spiro atoms. The van der Waals surface area contributed by atoms with Crippen LogP contribution in [-0.4, -0.2) is 44.7 Å². The predicted octanol–water partition coefficient (Wildman–Crippen LogP) is 7.53. The van der Waals surface area contributed by atoms with Crippen molar-refractivity contribution in [2.24, 2.45) is 5.92 Å². The fourth-order valence-corrected chi connectivity index (χ4v) is 6.15. The molecule has 0 atom stereocenters. The summed E-state index contributed by atoms with van der Waals surface area (Å²) in [6, 6.07) is 18.8. The zero-order chi connectivity index (χ0) is 29.1. The summed E-state index contributed by atoms with van der Waals surface area (Å²) in [6.07, 6.45) is -0.599. The number of alkyl halides is 3. The number of aryl methyl sites for hydroxylation is 1. The predicted molar refractivity (Wildman–Crippen MR) is 153 cm³/mol. The number of ether oxygens (including phenoxy) is 2. The molecule has 1 aliphatic heterocycles. The topological polar surface area (TPSA) is 59.0 Å². The molecular formula is C33H34F3NO4. The molecule has 1 N–H and O–H groups in total. The van der Waals surface area contributed by atoms with Crippen LogP contribution in [0.25, 0.3) is 11.1 Å². The van der Waals surface area contributed by atoms with Gasteiger partial charge in [-0.2, -0.15) is 13.2 Å². The Hall–Kier alpha value is -3.62. The minimum atomic E-state index is -4.41. The van der Waals surface area contributed by atoms with E-state index in [0.29, 0.717) is 18.8 Å². The molecule has 5 nitrogen and oxygen atoms in total. The van der Waals surface area contributed by atoms with Crippen LogP contribution in [0.2, 0.25) is 0 Å². The maximum atomic E-state index is 13.3.